The van der Waals surface area contributed by atoms with Gasteiger partial charge in [-0.1, -0.05) is 12.1 Å². The van der Waals surface area contributed by atoms with Crippen LogP contribution in [0.15, 0.2) is 42.5 Å². The van der Waals surface area contributed by atoms with Gasteiger partial charge in [-0.3, -0.25) is 0 Å². The maximum Gasteiger partial charge on any atom is 0.345 e. The molecule has 1 heterocycles. The molecular formula is C24H26O13. The highest BCUT2D eigenvalue weighted by molar-refractivity contribution is 5.89. The lowest BCUT2D eigenvalue weighted by atomic mass is 9.99. The molecule has 0 radical (unpaired) electrons. The van der Waals surface area contributed by atoms with E-state index in [0.29, 0.717) is 5.56 Å². The molecule has 2 aromatic carbocycles. The maximum absolute atomic E-state index is 12.2. The third kappa shape index (κ3) is 6.87. The number of benzene rings is 2. The van der Waals surface area contributed by atoms with E-state index in [9.17, 15) is 50.4 Å². The van der Waals surface area contributed by atoms with Gasteiger partial charge in [0.25, 0.3) is 0 Å². The Labute approximate surface area is 209 Å². The predicted molar refractivity (Wildman–Crippen MR) is 123 cm³/mol. The Hall–Kier alpha value is -3.88. The molecule has 1 aliphatic rings. The van der Waals surface area contributed by atoms with E-state index in [1.165, 1.54) is 36.4 Å². The molecule has 0 aliphatic carbocycles. The summed E-state index contributed by atoms with van der Waals surface area (Å²) in [6.45, 7) is -0.690. The molecule has 2 aromatic rings. The molecular weight excluding hydrogens is 496 g/mol. The number of carboxylic acids is 1. The van der Waals surface area contributed by atoms with Gasteiger partial charge in [0.05, 0.1) is 6.61 Å². The fraction of sp³-hybridized carbons (Fsp3) is 0.333. The van der Waals surface area contributed by atoms with Gasteiger partial charge in [-0.2, -0.15) is 0 Å². The summed E-state index contributed by atoms with van der Waals surface area (Å²) >= 11 is 0. The van der Waals surface area contributed by atoms with Crippen molar-refractivity contribution in [2.75, 3.05) is 6.61 Å². The predicted octanol–water partition coefficient (Wildman–Crippen LogP) is -0.766. The standard InChI is InChI=1S/C24H26O13/c25-10-18-20(30)21(31)22(32)24(37-18)36-16-8-12(2-5-14(16)27)9-17(23(33)34)35-19(29)6-3-11-1-4-13(26)15(28)7-11/h1-8,17-18,20-22,24-28,30-32H,9-10H2,(H,33,34)/t17-,18+,20+,21-,22+,24+/m1/s1. The van der Waals surface area contributed by atoms with E-state index in [1.807, 2.05) is 0 Å². The lowest BCUT2D eigenvalue weighted by Crippen LogP contribution is -2.60. The number of aliphatic hydroxyl groups excluding tert-OH is 4. The minimum Gasteiger partial charge on any atom is -0.504 e. The van der Waals surface area contributed by atoms with E-state index in [-0.39, 0.29) is 23.5 Å². The third-order valence-corrected chi connectivity index (χ3v) is 5.48. The molecule has 8 N–H and O–H groups in total. The maximum atomic E-state index is 12.2. The minimum atomic E-state index is -1.74. The van der Waals surface area contributed by atoms with Crippen molar-refractivity contribution >= 4 is 18.0 Å². The topological polar surface area (TPSA) is 224 Å². The average Bonchev–Trinajstić information content (AvgIpc) is 2.86. The number of rotatable bonds is 9. The number of carboxylic acid groups (broad SMARTS) is 1. The Bertz CT molecular complexity index is 1150. The number of aliphatic carboxylic acids is 1. The van der Waals surface area contributed by atoms with Gasteiger partial charge in [0.1, 0.15) is 24.4 Å². The molecule has 3 rings (SSSR count). The van der Waals surface area contributed by atoms with Crippen molar-refractivity contribution in [2.45, 2.75) is 43.2 Å². The highest BCUT2D eigenvalue weighted by atomic mass is 16.7. The van der Waals surface area contributed by atoms with Crippen molar-refractivity contribution < 1.29 is 64.7 Å². The van der Waals surface area contributed by atoms with E-state index in [1.54, 1.807) is 0 Å². The monoisotopic (exact) mass is 522 g/mol. The summed E-state index contributed by atoms with van der Waals surface area (Å²) in [5.74, 6) is -3.93. The number of hydrogen-bond acceptors (Lipinski definition) is 12. The van der Waals surface area contributed by atoms with Gasteiger partial charge in [0.2, 0.25) is 12.4 Å². The van der Waals surface area contributed by atoms with Gasteiger partial charge >= 0.3 is 11.9 Å². The van der Waals surface area contributed by atoms with E-state index in [2.05, 4.69) is 0 Å². The highest BCUT2D eigenvalue weighted by Crippen LogP contribution is 2.32. The Morgan fingerprint density at radius 2 is 1.65 bits per heavy atom. The first-order valence-electron chi connectivity index (χ1n) is 10.9. The minimum absolute atomic E-state index is 0.241. The zero-order valence-electron chi connectivity index (χ0n) is 19.1. The quantitative estimate of drug-likeness (QED) is 0.115. The van der Waals surface area contributed by atoms with Crippen LogP contribution in [0.3, 0.4) is 0 Å². The van der Waals surface area contributed by atoms with E-state index in [0.717, 1.165) is 12.1 Å². The molecule has 1 saturated heterocycles. The molecule has 1 fully saturated rings. The summed E-state index contributed by atoms with van der Waals surface area (Å²) in [7, 11) is 0. The van der Waals surface area contributed by atoms with Crippen LogP contribution in [0.4, 0.5) is 0 Å². The van der Waals surface area contributed by atoms with Gasteiger partial charge in [-0.05, 0) is 41.5 Å². The van der Waals surface area contributed by atoms with Crippen molar-refractivity contribution in [3.05, 3.63) is 53.6 Å². The van der Waals surface area contributed by atoms with Crippen LogP contribution in [0.5, 0.6) is 23.0 Å². The third-order valence-electron chi connectivity index (χ3n) is 5.48. The fourth-order valence-corrected chi connectivity index (χ4v) is 3.45. The summed E-state index contributed by atoms with van der Waals surface area (Å²) in [5, 5.41) is 77.6. The van der Waals surface area contributed by atoms with Crippen molar-refractivity contribution in [1.29, 1.82) is 0 Å². The van der Waals surface area contributed by atoms with E-state index in [4.69, 9.17) is 14.2 Å². The molecule has 0 unspecified atom stereocenters. The average molecular weight is 522 g/mol. The summed E-state index contributed by atoms with van der Waals surface area (Å²) < 4.78 is 15.6. The number of carbonyl (C=O) groups excluding carboxylic acids is 1. The first-order chi connectivity index (χ1) is 17.5. The van der Waals surface area contributed by atoms with E-state index >= 15 is 0 Å². The molecule has 13 nitrogen and oxygen atoms in total. The Morgan fingerprint density at radius 1 is 0.946 bits per heavy atom. The molecule has 0 saturated carbocycles. The van der Waals surface area contributed by atoms with Gasteiger partial charge in [-0.15, -0.1) is 0 Å². The molecule has 37 heavy (non-hydrogen) atoms. The number of aromatic hydroxyl groups is 3. The van der Waals surface area contributed by atoms with E-state index < -0.39 is 66.9 Å². The normalized spacial score (nSPS) is 24.5. The number of hydrogen-bond donors (Lipinski definition) is 8. The summed E-state index contributed by atoms with van der Waals surface area (Å²) in [4.78, 5) is 23.8. The Balaban J connectivity index is 1.70. The van der Waals surface area contributed by atoms with Crippen LogP contribution in [0.1, 0.15) is 11.1 Å². The van der Waals surface area contributed by atoms with Gasteiger partial charge < -0.3 is 55.1 Å². The first-order valence-corrected chi connectivity index (χ1v) is 10.9. The van der Waals surface area contributed by atoms with Gasteiger partial charge in [0, 0.05) is 12.5 Å². The number of phenols is 3. The number of ether oxygens (including phenoxy) is 3. The highest BCUT2D eigenvalue weighted by Gasteiger charge is 2.45. The molecule has 200 valence electrons. The molecule has 6 atom stereocenters. The van der Waals surface area contributed by atoms with Crippen molar-refractivity contribution in [3.8, 4) is 23.0 Å². The Morgan fingerprint density at radius 3 is 2.30 bits per heavy atom. The summed E-state index contributed by atoms with van der Waals surface area (Å²) in [5.41, 5.74) is 0.581. The molecule has 13 heteroatoms. The van der Waals surface area contributed by atoms with Crippen LogP contribution in [0.25, 0.3) is 6.08 Å². The van der Waals surface area contributed by atoms with Crippen molar-refractivity contribution in [2.24, 2.45) is 0 Å². The van der Waals surface area contributed by atoms with Gasteiger partial charge in [-0.25, -0.2) is 9.59 Å². The second-order valence-electron chi connectivity index (χ2n) is 8.17. The van der Waals surface area contributed by atoms with Crippen LogP contribution >= 0.6 is 0 Å². The number of esters is 1. The largest absolute Gasteiger partial charge is 0.504 e. The van der Waals surface area contributed by atoms with Crippen LogP contribution in [0.2, 0.25) is 0 Å². The zero-order chi connectivity index (χ0) is 27.3. The SMILES string of the molecule is O=C(C=Cc1ccc(O)c(O)c1)O[C@H](Cc1ccc(O)c(O[C@H]2O[C@@H](CO)[C@H](O)[C@@H](O)[C@@H]2O)c1)C(=O)O. The molecule has 0 aromatic heterocycles. The van der Waals surface area contributed by atoms with Crippen LogP contribution in [0, 0.1) is 0 Å². The van der Waals surface area contributed by atoms with Crippen LogP contribution < -0.4 is 4.74 Å². The summed E-state index contributed by atoms with van der Waals surface area (Å²) in [6.07, 6.45) is -7.71. The smallest absolute Gasteiger partial charge is 0.345 e. The van der Waals surface area contributed by atoms with Crippen LogP contribution in [-0.2, 0) is 25.5 Å². The second-order valence-corrected chi connectivity index (χ2v) is 8.17. The molecule has 0 spiro atoms. The zero-order valence-corrected chi connectivity index (χ0v) is 19.1. The van der Waals surface area contributed by atoms with Crippen molar-refractivity contribution in [1.82, 2.24) is 0 Å². The number of aliphatic hydroxyl groups is 4. The molecule has 1 aliphatic heterocycles. The van der Waals surface area contributed by atoms with Crippen molar-refractivity contribution in [3.63, 3.8) is 0 Å². The lowest BCUT2D eigenvalue weighted by molar-refractivity contribution is -0.277. The van der Waals surface area contributed by atoms with Crippen LogP contribution in [-0.4, -0.2) is 96.2 Å². The second kappa shape index (κ2) is 11.9. The Kier molecular flexibility index (Phi) is 8.91. The molecule has 0 amide bonds. The summed E-state index contributed by atoms with van der Waals surface area (Å²) in [6, 6.07) is 7.49. The fourth-order valence-electron chi connectivity index (χ4n) is 3.45. The number of carbonyl (C=O) groups is 2. The molecule has 0 bridgehead atoms. The number of phenolic OH excluding ortho intramolecular Hbond substituents is 3. The lowest BCUT2D eigenvalue weighted by Gasteiger charge is -2.39. The van der Waals surface area contributed by atoms with Gasteiger partial charge in [0.15, 0.2) is 23.0 Å². The first kappa shape index (κ1) is 27.7.